The Balaban J connectivity index is 1.98. The van der Waals surface area contributed by atoms with Crippen molar-refractivity contribution < 1.29 is 9.90 Å². The van der Waals surface area contributed by atoms with Gasteiger partial charge in [0.25, 0.3) is 0 Å². The van der Waals surface area contributed by atoms with E-state index in [1.165, 1.54) is 4.88 Å². The topological polar surface area (TPSA) is 62.2 Å². The minimum absolute atomic E-state index is 0.265. The second-order valence-electron chi connectivity index (χ2n) is 3.94. The van der Waals surface area contributed by atoms with E-state index in [2.05, 4.69) is 16.4 Å². The maximum Gasteiger partial charge on any atom is 0.335 e. The Morgan fingerprint density at radius 1 is 1.50 bits per heavy atom. The van der Waals surface area contributed by atoms with Crippen LogP contribution in [0.15, 0.2) is 29.6 Å². The molecule has 0 bridgehead atoms. The van der Waals surface area contributed by atoms with Gasteiger partial charge in [0.05, 0.1) is 5.56 Å². The quantitative estimate of drug-likeness (QED) is 0.869. The lowest BCUT2D eigenvalue weighted by molar-refractivity contribution is 0.0696. The van der Waals surface area contributed by atoms with Crippen LogP contribution in [0.4, 0.5) is 5.82 Å². The number of aromatic carboxylic acids is 1. The number of carbonyl (C=O) groups is 1. The molecule has 0 amide bonds. The lowest BCUT2D eigenvalue weighted by Crippen LogP contribution is -2.08. The standard InChI is InChI=1S/C13H14N2O2S/c1-9-7-10(13(16)17)8-12(15-9)14-5-4-11-3-2-6-18-11/h2-3,6-8H,4-5H2,1H3,(H,14,15)(H,16,17). The van der Waals surface area contributed by atoms with Gasteiger partial charge in [-0.1, -0.05) is 6.07 Å². The molecule has 0 atom stereocenters. The van der Waals surface area contributed by atoms with Crippen LogP contribution in [0.2, 0.25) is 0 Å². The van der Waals surface area contributed by atoms with E-state index in [0.717, 1.165) is 13.0 Å². The van der Waals surface area contributed by atoms with Crippen molar-refractivity contribution in [1.82, 2.24) is 4.98 Å². The van der Waals surface area contributed by atoms with Gasteiger partial charge in [-0.25, -0.2) is 9.78 Å². The second kappa shape index (κ2) is 5.64. The molecule has 18 heavy (non-hydrogen) atoms. The van der Waals surface area contributed by atoms with Crippen molar-refractivity contribution >= 4 is 23.1 Å². The van der Waals surface area contributed by atoms with Crippen LogP contribution in [0.5, 0.6) is 0 Å². The molecule has 5 heteroatoms. The van der Waals surface area contributed by atoms with Crippen LogP contribution in [0, 0.1) is 6.92 Å². The van der Waals surface area contributed by atoms with E-state index in [1.807, 2.05) is 11.4 Å². The summed E-state index contributed by atoms with van der Waals surface area (Å²) in [5, 5.41) is 14.2. The molecule has 0 aliphatic carbocycles. The first-order chi connectivity index (χ1) is 8.65. The van der Waals surface area contributed by atoms with Crippen LogP contribution in [-0.2, 0) is 6.42 Å². The molecular formula is C13H14N2O2S. The zero-order valence-corrected chi connectivity index (χ0v) is 10.8. The SMILES string of the molecule is Cc1cc(C(=O)O)cc(NCCc2cccs2)n1. The molecule has 2 aromatic rings. The van der Waals surface area contributed by atoms with Crippen LogP contribution in [0.25, 0.3) is 0 Å². The minimum atomic E-state index is -0.929. The lowest BCUT2D eigenvalue weighted by atomic mass is 10.2. The molecule has 0 saturated carbocycles. The summed E-state index contributed by atoms with van der Waals surface area (Å²) in [6.45, 7) is 2.53. The van der Waals surface area contributed by atoms with Crippen LogP contribution in [0.1, 0.15) is 20.9 Å². The highest BCUT2D eigenvalue weighted by Gasteiger charge is 2.06. The molecular weight excluding hydrogens is 248 g/mol. The van der Waals surface area contributed by atoms with Crippen LogP contribution < -0.4 is 5.32 Å². The van der Waals surface area contributed by atoms with Gasteiger partial charge >= 0.3 is 5.97 Å². The van der Waals surface area contributed by atoms with Crippen LogP contribution in [0.3, 0.4) is 0 Å². The van der Waals surface area contributed by atoms with E-state index in [4.69, 9.17) is 5.11 Å². The van der Waals surface area contributed by atoms with E-state index < -0.39 is 5.97 Å². The molecule has 94 valence electrons. The summed E-state index contributed by atoms with van der Waals surface area (Å²) in [5.41, 5.74) is 0.967. The highest BCUT2D eigenvalue weighted by atomic mass is 32.1. The number of hydrogen-bond acceptors (Lipinski definition) is 4. The number of nitrogens with zero attached hydrogens (tertiary/aromatic N) is 1. The predicted molar refractivity (Wildman–Crippen MR) is 72.4 cm³/mol. The average molecular weight is 262 g/mol. The van der Waals surface area contributed by atoms with E-state index >= 15 is 0 Å². The molecule has 2 N–H and O–H groups in total. The third-order valence-electron chi connectivity index (χ3n) is 2.46. The van der Waals surface area contributed by atoms with Gasteiger partial charge in [0.15, 0.2) is 0 Å². The molecule has 0 aromatic carbocycles. The Morgan fingerprint density at radius 3 is 3.00 bits per heavy atom. The number of pyridine rings is 1. The van der Waals surface area contributed by atoms with Gasteiger partial charge in [0.2, 0.25) is 0 Å². The first-order valence-electron chi connectivity index (χ1n) is 5.63. The molecule has 0 aliphatic heterocycles. The van der Waals surface area contributed by atoms with Gasteiger partial charge in [-0.3, -0.25) is 0 Å². The molecule has 0 saturated heterocycles. The Bertz CT molecular complexity index is 538. The number of thiophene rings is 1. The highest BCUT2D eigenvalue weighted by molar-refractivity contribution is 7.09. The average Bonchev–Trinajstić information content (AvgIpc) is 2.81. The highest BCUT2D eigenvalue weighted by Crippen LogP contribution is 2.12. The van der Waals surface area contributed by atoms with E-state index in [1.54, 1.807) is 30.4 Å². The monoisotopic (exact) mass is 262 g/mol. The fourth-order valence-corrected chi connectivity index (χ4v) is 2.36. The van der Waals surface area contributed by atoms with Crippen molar-refractivity contribution in [3.8, 4) is 0 Å². The Morgan fingerprint density at radius 2 is 2.33 bits per heavy atom. The largest absolute Gasteiger partial charge is 0.478 e. The zero-order valence-electron chi connectivity index (χ0n) is 10.0. The van der Waals surface area contributed by atoms with E-state index in [-0.39, 0.29) is 5.56 Å². The van der Waals surface area contributed by atoms with Gasteiger partial charge in [0.1, 0.15) is 5.82 Å². The summed E-state index contributed by atoms with van der Waals surface area (Å²) >= 11 is 1.71. The first kappa shape index (κ1) is 12.6. The zero-order chi connectivity index (χ0) is 13.0. The smallest absolute Gasteiger partial charge is 0.335 e. The summed E-state index contributed by atoms with van der Waals surface area (Å²) < 4.78 is 0. The third-order valence-corrected chi connectivity index (χ3v) is 3.39. The molecule has 2 heterocycles. The van der Waals surface area contributed by atoms with Gasteiger partial charge in [-0.2, -0.15) is 0 Å². The number of aromatic nitrogens is 1. The van der Waals surface area contributed by atoms with Crippen molar-refractivity contribution in [2.45, 2.75) is 13.3 Å². The molecule has 0 aliphatic rings. The maximum absolute atomic E-state index is 10.9. The number of carboxylic acids is 1. The van der Waals surface area contributed by atoms with E-state index in [9.17, 15) is 4.79 Å². The molecule has 4 nitrogen and oxygen atoms in total. The van der Waals surface area contributed by atoms with Crippen molar-refractivity contribution in [2.24, 2.45) is 0 Å². The van der Waals surface area contributed by atoms with E-state index in [0.29, 0.717) is 11.5 Å². The van der Waals surface area contributed by atoms with Crippen molar-refractivity contribution in [3.05, 3.63) is 45.8 Å². The van der Waals surface area contributed by atoms with Crippen molar-refractivity contribution in [2.75, 3.05) is 11.9 Å². The molecule has 0 unspecified atom stereocenters. The van der Waals surface area contributed by atoms with Crippen LogP contribution >= 0.6 is 11.3 Å². The summed E-state index contributed by atoms with van der Waals surface area (Å²) in [7, 11) is 0. The number of hydrogen-bond donors (Lipinski definition) is 2. The van der Waals surface area contributed by atoms with Crippen LogP contribution in [-0.4, -0.2) is 22.6 Å². The Labute approximate surface area is 109 Å². The minimum Gasteiger partial charge on any atom is -0.478 e. The normalized spacial score (nSPS) is 10.3. The predicted octanol–water partition coefficient (Wildman–Crippen LogP) is 2.80. The van der Waals surface area contributed by atoms with Gasteiger partial charge in [0, 0.05) is 17.1 Å². The first-order valence-corrected chi connectivity index (χ1v) is 6.51. The molecule has 2 aromatic heterocycles. The fraction of sp³-hybridized carbons (Fsp3) is 0.231. The lowest BCUT2D eigenvalue weighted by Gasteiger charge is -2.06. The summed E-state index contributed by atoms with van der Waals surface area (Å²) in [4.78, 5) is 16.5. The number of rotatable bonds is 5. The van der Waals surface area contributed by atoms with Gasteiger partial charge < -0.3 is 10.4 Å². The van der Waals surface area contributed by atoms with Gasteiger partial charge in [-0.15, -0.1) is 11.3 Å². The molecule has 0 radical (unpaired) electrons. The van der Waals surface area contributed by atoms with Crippen molar-refractivity contribution in [3.63, 3.8) is 0 Å². The molecule has 2 rings (SSSR count). The summed E-state index contributed by atoms with van der Waals surface area (Å²) in [5.74, 6) is -0.314. The summed E-state index contributed by atoms with van der Waals surface area (Å²) in [6.07, 6.45) is 0.912. The maximum atomic E-state index is 10.9. The van der Waals surface area contributed by atoms with Crippen molar-refractivity contribution in [1.29, 1.82) is 0 Å². The second-order valence-corrected chi connectivity index (χ2v) is 4.98. The number of carboxylic acid groups (broad SMARTS) is 1. The fourth-order valence-electron chi connectivity index (χ4n) is 1.65. The molecule has 0 fully saturated rings. The number of aryl methyl sites for hydroxylation is 1. The third kappa shape index (κ3) is 3.30. The Hall–Kier alpha value is -1.88. The molecule has 0 spiro atoms. The number of anilines is 1. The Kier molecular flexibility index (Phi) is 3.94. The summed E-state index contributed by atoms with van der Waals surface area (Å²) in [6, 6.07) is 7.22. The number of nitrogens with one attached hydrogen (secondary N) is 1. The van der Waals surface area contributed by atoms with Gasteiger partial charge in [-0.05, 0) is 36.9 Å².